The molecule has 1 aliphatic heterocycles. The molecule has 2 aromatic rings. The Kier molecular flexibility index (Phi) is 6.28. The maximum Gasteiger partial charge on any atom is 0.416 e. The van der Waals surface area contributed by atoms with Crippen molar-refractivity contribution in [2.75, 3.05) is 18.0 Å². The van der Waals surface area contributed by atoms with Crippen LogP contribution in [0.25, 0.3) is 0 Å². The van der Waals surface area contributed by atoms with Crippen molar-refractivity contribution in [3.63, 3.8) is 0 Å². The van der Waals surface area contributed by atoms with Crippen LogP contribution in [-0.2, 0) is 15.8 Å². The van der Waals surface area contributed by atoms with Gasteiger partial charge in [-0.1, -0.05) is 39.9 Å². The highest BCUT2D eigenvalue weighted by atomic mass is 79.9. The number of nitrogens with one attached hydrogen (secondary N) is 1. The van der Waals surface area contributed by atoms with E-state index in [9.17, 15) is 22.8 Å². The van der Waals surface area contributed by atoms with Crippen LogP contribution < -0.4 is 10.2 Å². The van der Waals surface area contributed by atoms with E-state index in [0.29, 0.717) is 5.69 Å². The molecule has 0 spiro atoms. The van der Waals surface area contributed by atoms with Crippen LogP contribution in [0.4, 0.5) is 18.9 Å². The normalized spacial score (nSPS) is 16.3. The molecule has 150 valence electrons. The molecule has 29 heavy (non-hydrogen) atoms. The smallest absolute Gasteiger partial charge is 0.345 e. The number of hydrogen-bond acceptors (Lipinski definition) is 2. The largest absolute Gasteiger partial charge is 0.416 e. The molecule has 3 rings (SSSR count). The van der Waals surface area contributed by atoms with Gasteiger partial charge in [0.1, 0.15) is 0 Å². The van der Waals surface area contributed by atoms with E-state index in [-0.39, 0.29) is 36.9 Å². The average Bonchev–Trinajstić information content (AvgIpc) is 3.06. The molecule has 0 saturated carbocycles. The van der Waals surface area contributed by atoms with E-state index < -0.39 is 17.7 Å². The Morgan fingerprint density at radius 3 is 2.69 bits per heavy atom. The number of rotatable bonds is 3. The predicted molar refractivity (Wildman–Crippen MR) is 106 cm³/mol. The molecule has 1 fully saturated rings. The van der Waals surface area contributed by atoms with Crippen LogP contribution in [0, 0.1) is 17.8 Å². The lowest BCUT2D eigenvalue weighted by atomic mass is 10.1. The van der Waals surface area contributed by atoms with E-state index in [1.807, 2.05) is 12.1 Å². The number of anilines is 1. The van der Waals surface area contributed by atoms with Crippen molar-refractivity contribution in [2.24, 2.45) is 5.92 Å². The maximum atomic E-state index is 12.7. The lowest BCUT2D eigenvalue weighted by Gasteiger charge is -2.16. The highest BCUT2D eigenvalue weighted by Crippen LogP contribution is 2.29. The molecule has 1 aliphatic rings. The molecule has 1 heterocycles. The van der Waals surface area contributed by atoms with Gasteiger partial charge >= 0.3 is 6.18 Å². The molecule has 0 bridgehead atoms. The van der Waals surface area contributed by atoms with Gasteiger partial charge in [-0.2, -0.15) is 13.2 Å². The number of halogens is 4. The van der Waals surface area contributed by atoms with E-state index in [2.05, 4.69) is 33.1 Å². The third-order valence-corrected chi connectivity index (χ3v) is 4.88. The Balaban J connectivity index is 1.56. The molecule has 1 N–H and O–H groups in total. The van der Waals surface area contributed by atoms with Crippen LogP contribution in [0.2, 0.25) is 0 Å². The van der Waals surface area contributed by atoms with Crippen LogP contribution >= 0.6 is 15.9 Å². The van der Waals surface area contributed by atoms with Crippen molar-refractivity contribution in [1.82, 2.24) is 5.32 Å². The first-order valence-electron chi connectivity index (χ1n) is 8.74. The first-order valence-corrected chi connectivity index (χ1v) is 9.53. The Labute approximate surface area is 174 Å². The van der Waals surface area contributed by atoms with Crippen molar-refractivity contribution in [1.29, 1.82) is 0 Å². The summed E-state index contributed by atoms with van der Waals surface area (Å²) < 4.78 is 38.9. The summed E-state index contributed by atoms with van der Waals surface area (Å²) in [4.78, 5) is 26.1. The zero-order chi connectivity index (χ0) is 21.0. The van der Waals surface area contributed by atoms with Crippen molar-refractivity contribution < 1.29 is 22.8 Å². The van der Waals surface area contributed by atoms with Crippen LogP contribution in [0.5, 0.6) is 0 Å². The topological polar surface area (TPSA) is 49.4 Å². The average molecular weight is 465 g/mol. The summed E-state index contributed by atoms with van der Waals surface area (Å²) in [6.07, 6.45) is -4.33. The number of benzene rings is 2. The highest BCUT2D eigenvalue weighted by molar-refractivity contribution is 9.10. The van der Waals surface area contributed by atoms with Crippen molar-refractivity contribution in [3.05, 3.63) is 64.1 Å². The number of hydrogen-bond donors (Lipinski definition) is 1. The van der Waals surface area contributed by atoms with Gasteiger partial charge < -0.3 is 10.2 Å². The monoisotopic (exact) mass is 464 g/mol. The first kappa shape index (κ1) is 20.9. The van der Waals surface area contributed by atoms with Crippen LogP contribution in [0.1, 0.15) is 17.5 Å². The van der Waals surface area contributed by atoms with Crippen LogP contribution in [0.3, 0.4) is 0 Å². The van der Waals surface area contributed by atoms with E-state index in [4.69, 9.17) is 0 Å². The summed E-state index contributed by atoms with van der Waals surface area (Å²) in [5.74, 6) is 4.29. The Morgan fingerprint density at radius 2 is 1.97 bits per heavy atom. The molecule has 1 atom stereocenters. The Morgan fingerprint density at radius 1 is 1.21 bits per heavy atom. The predicted octanol–water partition coefficient (Wildman–Crippen LogP) is 3.99. The SMILES string of the molecule is O=C(NCC#Cc1cccc(C(F)(F)F)c1)C1CC(=O)N(c2cccc(Br)c2)C1. The number of nitrogens with zero attached hydrogens (tertiary/aromatic N) is 1. The zero-order valence-corrected chi connectivity index (χ0v) is 16.7. The molecule has 2 aromatic carbocycles. The molecular weight excluding hydrogens is 449 g/mol. The van der Waals surface area contributed by atoms with Crippen molar-refractivity contribution >= 4 is 33.4 Å². The molecular formula is C21H16BrF3N2O2. The first-order chi connectivity index (χ1) is 13.7. The molecule has 0 aromatic heterocycles. The number of carbonyl (C=O) groups excluding carboxylic acids is 2. The van der Waals surface area contributed by atoms with Gasteiger partial charge in [0.15, 0.2) is 0 Å². The van der Waals surface area contributed by atoms with Gasteiger partial charge in [0.25, 0.3) is 0 Å². The van der Waals surface area contributed by atoms with E-state index in [1.54, 1.807) is 17.0 Å². The molecule has 8 heteroatoms. The van der Waals surface area contributed by atoms with Crippen LogP contribution in [0.15, 0.2) is 53.0 Å². The molecule has 4 nitrogen and oxygen atoms in total. The quantitative estimate of drug-likeness (QED) is 0.698. The Bertz CT molecular complexity index is 995. The number of amides is 2. The summed E-state index contributed by atoms with van der Waals surface area (Å²) in [5, 5.41) is 2.62. The molecule has 0 aliphatic carbocycles. The van der Waals surface area contributed by atoms with Gasteiger partial charge in [-0.25, -0.2) is 0 Å². The van der Waals surface area contributed by atoms with Gasteiger partial charge in [0, 0.05) is 28.7 Å². The van der Waals surface area contributed by atoms with Crippen molar-refractivity contribution in [2.45, 2.75) is 12.6 Å². The fourth-order valence-corrected chi connectivity index (χ4v) is 3.36. The number of alkyl halides is 3. The number of carbonyl (C=O) groups is 2. The minimum absolute atomic E-state index is 0.0172. The minimum Gasteiger partial charge on any atom is -0.345 e. The summed E-state index contributed by atoms with van der Waals surface area (Å²) in [5.41, 5.74) is 0.153. The lowest BCUT2D eigenvalue weighted by Crippen LogP contribution is -2.33. The third-order valence-electron chi connectivity index (χ3n) is 4.39. The summed E-state index contributed by atoms with van der Waals surface area (Å²) in [6.45, 7) is 0.249. The summed E-state index contributed by atoms with van der Waals surface area (Å²) >= 11 is 3.35. The van der Waals surface area contributed by atoms with E-state index in [1.165, 1.54) is 12.1 Å². The Hall–Kier alpha value is -2.79. The van der Waals surface area contributed by atoms with E-state index in [0.717, 1.165) is 16.6 Å². The van der Waals surface area contributed by atoms with Crippen LogP contribution in [-0.4, -0.2) is 24.9 Å². The second-order valence-electron chi connectivity index (χ2n) is 6.48. The van der Waals surface area contributed by atoms with Gasteiger partial charge in [-0.3, -0.25) is 9.59 Å². The molecule has 1 saturated heterocycles. The lowest BCUT2D eigenvalue weighted by molar-refractivity contribution is -0.137. The van der Waals surface area contributed by atoms with Gasteiger partial charge in [-0.05, 0) is 36.4 Å². The zero-order valence-electron chi connectivity index (χ0n) is 15.1. The minimum atomic E-state index is -4.43. The van der Waals surface area contributed by atoms with E-state index >= 15 is 0 Å². The fourth-order valence-electron chi connectivity index (χ4n) is 2.97. The summed E-state index contributed by atoms with van der Waals surface area (Å²) in [6, 6.07) is 11.9. The summed E-state index contributed by atoms with van der Waals surface area (Å²) in [7, 11) is 0. The maximum absolute atomic E-state index is 12.7. The van der Waals surface area contributed by atoms with Gasteiger partial charge in [0.05, 0.1) is 18.0 Å². The molecule has 1 unspecified atom stereocenters. The molecule has 2 amide bonds. The third kappa shape index (κ3) is 5.39. The van der Waals surface area contributed by atoms with Crippen molar-refractivity contribution in [3.8, 4) is 11.8 Å². The second kappa shape index (κ2) is 8.70. The highest BCUT2D eigenvalue weighted by Gasteiger charge is 2.35. The second-order valence-corrected chi connectivity index (χ2v) is 7.40. The van der Waals surface area contributed by atoms with Gasteiger partial charge in [-0.15, -0.1) is 0 Å². The van der Waals surface area contributed by atoms with Gasteiger partial charge in [0.2, 0.25) is 11.8 Å². The standard InChI is InChI=1S/C21H16BrF3N2O2/c22-17-7-2-8-18(12-17)27-13-15(11-19(27)28)20(29)26-9-3-5-14-4-1-6-16(10-14)21(23,24)25/h1-2,4,6-8,10,12,15H,9,11,13H2,(H,26,29). The fraction of sp³-hybridized carbons (Fsp3) is 0.238. The molecule has 0 radical (unpaired) electrons.